The molecule has 2 aromatic rings. The highest BCUT2D eigenvalue weighted by molar-refractivity contribution is 5.91. The zero-order valence-corrected chi connectivity index (χ0v) is 12.2. The number of hydrogen-bond acceptors (Lipinski definition) is 5. The van der Waals surface area contributed by atoms with Crippen LogP contribution < -0.4 is 18.9 Å². The molecule has 0 saturated carbocycles. The molecule has 0 spiro atoms. The molecule has 1 heterocycles. The van der Waals surface area contributed by atoms with Crippen LogP contribution in [0, 0.1) is 0 Å². The first kappa shape index (κ1) is 14.3. The Bertz CT molecular complexity index is 680. The molecule has 22 heavy (non-hydrogen) atoms. The molecular formula is C17H16O5. The normalized spacial score (nSPS) is 12.6. The fourth-order valence-corrected chi connectivity index (χ4v) is 2.13. The quantitative estimate of drug-likeness (QED) is 0.641. The minimum Gasteiger partial charge on any atom is -0.494 e. The van der Waals surface area contributed by atoms with Gasteiger partial charge in [0.15, 0.2) is 11.5 Å². The molecule has 5 heteroatoms. The minimum atomic E-state index is -0.446. The van der Waals surface area contributed by atoms with E-state index in [-0.39, 0.29) is 0 Å². The maximum atomic E-state index is 12.2. The van der Waals surface area contributed by atoms with Crippen molar-refractivity contribution in [1.82, 2.24) is 0 Å². The standard InChI is InChI=1S/C17H16O5/c1-2-19-13-5-3-4-12(10-13)17(18)22-14-6-7-15-16(11-14)21-9-8-20-15/h3-7,10-11H,2,8-9H2,1H3. The van der Waals surface area contributed by atoms with Crippen LogP contribution in [-0.4, -0.2) is 25.8 Å². The number of benzene rings is 2. The number of ether oxygens (including phenoxy) is 4. The predicted octanol–water partition coefficient (Wildman–Crippen LogP) is 3.08. The molecule has 0 N–H and O–H groups in total. The zero-order valence-electron chi connectivity index (χ0n) is 12.2. The lowest BCUT2D eigenvalue weighted by Gasteiger charge is -2.18. The summed E-state index contributed by atoms with van der Waals surface area (Å²) in [7, 11) is 0. The van der Waals surface area contributed by atoms with E-state index < -0.39 is 5.97 Å². The van der Waals surface area contributed by atoms with E-state index in [4.69, 9.17) is 18.9 Å². The van der Waals surface area contributed by atoms with Crippen molar-refractivity contribution in [2.75, 3.05) is 19.8 Å². The van der Waals surface area contributed by atoms with Gasteiger partial charge in [0.05, 0.1) is 12.2 Å². The summed E-state index contributed by atoms with van der Waals surface area (Å²) < 4.78 is 21.6. The Balaban J connectivity index is 1.75. The lowest BCUT2D eigenvalue weighted by atomic mass is 10.2. The van der Waals surface area contributed by atoms with Crippen molar-refractivity contribution in [3.05, 3.63) is 48.0 Å². The molecule has 5 nitrogen and oxygen atoms in total. The molecule has 3 rings (SSSR count). The number of rotatable bonds is 4. The summed E-state index contributed by atoms with van der Waals surface area (Å²) in [5.41, 5.74) is 0.431. The molecule has 0 aromatic heterocycles. The molecule has 0 fully saturated rings. The Labute approximate surface area is 128 Å². The van der Waals surface area contributed by atoms with Gasteiger partial charge in [0, 0.05) is 6.07 Å². The van der Waals surface area contributed by atoms with Crippen LogP contribution in [0.4, 0.5) is 0 Å². The van der Waals surface area contributed by atoms with Gasteiger partial charge >= 0.3 is 5.97 Å². The van der Waals surface area contributed by atoms with Gasteiger partial charge in [-0.05, 0) is 37.3 Å². The molecule has 0 unspecified atom stereocenters. The first-order chi connectivity index (χ1) is 10.8. The van der Waals surface area contributed by atoms with Crippen molar-refractivity contribution >= 4 is 5.97 Å². The van der Waals surface area contributed by atoms with Crippen molar-refractivity contribution in [2.45, 2.75) is 6.92 Å². The highest BCUT2D eigenvalue weighted by Gasteiger charge is 2.15. The van der Waals surface area contributed by atoms with Crippen LogP contribution >= 0.6 is 0 Å². The van der Waals surface area contributed by atoms with Gasteiger partial charge in [0.2, 0.25) is 0 Å². The summed E-state index contributed by atoms with van der Waals surface area (Å²) >= 11 is 0. The van der Waals surface area contributed by atoms with E-state index in [0.29, 0.717) is 48.4 Å². The van der Waals surface area contributed by atoms with E-state index >= 15 is 0 Å². The maximum Gasteiger partial charge on any atom is 0.343 e. The predicted molar refractivity (Wildman–Crippen MR) is 80.0 cm³/mol. The average Bonchev–Trinajstić information content (AvgIpc) is 2.55. The van der Waals surface area contributed by atoms with Crippen LogP contribution in [0.25, 0.3) is 0 Å². The monoisotopic (exact) mass is 300 g/mol. The molecule has 0 radical (unpaired) electrons. The lowest BCUT2D eigenvalue weighted by Crippen LogP contribution is -2.15. The number of esters is 1. The zero-order chi connectivity index (χ0) is 15.4. The molecule has 0 bridgehead atoms. The van der Waals surface area contributed by atoms with Crippen LogP contribution in [0.3, 0.4) is 0 Å². The first-order valence-corrected chi connectivity index (χ1v) is 7.11. The summed E-state index contributed by atoms with van der Waals surface area (Å²) in [5.74, 6) is 1.84. The SMILES string of the molecule is CCOc1cccc(C(=O)Oc2ccc3c(c2)OCCO3)c1. The van der Waals surface area contributed by atoms with E-state index in [2.05, 4.69) is 0 Å². The van der Waals surface area contributed by atoms with Gasteiger partial charge in [0.1, 0.15) is 24.7 Å². The van der Waals surface area contributed by atoms with Gasteiger partial charge < -0.3 is 18.9 Å². The third kappa shape index (κ3) is 3.14. The van der Waals surface area contributed by atoms with Crippen molar-refractivity contribution < 1.29 is 23.7 Å². The fraction of sp³-hybridized carbons (Fsp3) is 0.235. The van der Waals surface area contributed by atoms with Gasteiger partial charge in [-0.1, -0.05) is 6.07 Å². The van der Waals surface area contributed by atoms with Gasteiger partial charge in [-0.3, -0.25) is 0 Å². The minimum absolute atomic E-state index is 0.413. The third-order valence-electron chi connectivity index (χ3n) is 3.10. The first-order valence-electron chi connectivity index (χ1n) is 7.11. The summed E-state index contributed by atoms with van der Waals surface area (Å²) in [4.78, 5) is 12.2. The van der Waals surface area contributed by atoms with Crippen LogP contribution in [0.5, 0.6) is 23.0 Å². The van der Waals surface area contributed by atoms with Crippen molar-refractivity contribution in [3.63, 3.8) is 0 Å². The second-order valence-electron chi connectivity index (χ2n) is 4.66. The molecule has 0 aliphatic carbocycles. The Kier molecular flexibility index (Phi) is 4.14. The van der Waals surface area contributed by atoms with Crippen LogP contribution in [-0.2, 0) is 0 Å². The van der Waals surface area contributed by atoms with Gasteiger partial charge in [0.25, 0.3) is 0 Å². The second kappa shape index (κ2) is 6.39. The maximum absolute atomic E-state index is 12.2. The van der Waals surface area contributed by atoms with E-state index in [9.17, 15) is 4.79 Å². The topological polar surface area (TPSA) is 54.0 Å². The Morgan fingerprint density at radius 1 is 1.05 bits per heavy atom. The second-order valence-corrected chi connectivity index (χ2v) is 4.66. The van der Waals surface area contributed by atoms with Crippen molar-refractivity contribution in [1.29, 1.82) is 0 Å². The molecule has 114 valence electrons. The summed E-state index contributed by atoms with van der Waals surface area (Å²) in [6.45, 7) is 3.44. The smallest absolute Gasteiger partial charge is 0.343 e. The van der Waals surface area contributed by atoms with Crippen LogP contribution in [0.2, 0.25) is 0 Å². The Morgan fingerprint density at radius 2 is 1.86 bits per heavy atom. The fourth-order valence-electron chi connectivity index (χ4n) is 2.13. The molecule has 2 aromatic carbocycles. The lowest BCUT2D eigenvalue weighted by molar-refractivity contribution is 0.0733. The highest BCUT2D eigenvalue weighted by Crippen LogP contribution is 2.33. The van der Waals surface area contributed by atoms with Crippen molar-refractivity contribution in [2.24, 2.45) is 0 Å². The van der Waals surface area contributed by atoms with Crippen LogP contribution in [0.15, 0.2) is 42.5 Å². The summed E-state index contributed by atoms with van der Waals surface area (Å²) in [5, 5.41) is 0. The Hall–Kier alpha value is -2.69. The largest absolute Gasteiger partial charge is 0.494 e. The van der Waals surface area contributed by atoms with Gasteiger partial charge in [-0.15, -0.1) is 0 Å². The summed E-state index contributed by atoms with van der Waals surface area (Å²) in [6.07, 6.45) is 0. The van der Waals surface area contributed by atoms with E-state index in [0.717, 1.165) is 0 Å². The molecule has 1 aliphatic rings. The molecular weight excluding hydrogens is 284 g/mol. The Morgan fingerprint density at radius 3 is 2.68 bits per heavy atom. The highest BCUT2D eigenvalue weighted by atomic mass is 16.6. The molecule has 0 atom stereocenters. The van der Waals surface area contributed by atoms with Crippen LogP contribution in [0.1, 0.15) is 17.3 Å². The number of carbonyl (C=O) groups is 1. The average molecular weight is 300 g/mol. The van der Waals surface area contributed by atoms with Gasteiger partial charge in [-0.2, -0.15) is 0 Å². The van der Waals surface area contributed by atoms with Gasteiger partial charge in [-0.25, -0.2) is 4.79 Å². The number of carbonyl (C=O) groups excluding carboxylic acids is 1. The van der Waals surface area contributed by atoms with E-state index in [1.54, 1.807) is 42.5 Å². The number of fused-ring (bicyclic) bond motifs is 1. The van der Waals surface area contributed by atoms with Crippen molar-refractivity contribution in [3.8, 4) is 23.0 Å². The molecule has 1 aliphatic heterocycles. The molecule has 0 saturated heterocycles. The summed E-state index contributed by atoms with van der Waals surface area (Å²) in [6, 6.07) is 12.0. The number of hydrogen-bond donors (Lipinski definition) is 0. The van der Waals surface area contributed by atoms with E-state index in [1.807, 2.05) is 6.92 Å². The molecule has 0 amide bonds. The third-order valence-corrected chi connectivity index (χ3v) is 3.10. The van der Waals surface area contributed by atoms with E-state index in [1.165, 1.54) is 0 Å².